The van der Waals surface area contributed by atoms with Gasteiger partial charge in [-0.2, -0.15) is 0 Å². The minimum atomic E-state index is -0.442. The second-order valence-electron chi connectivity index (χ2n) is 4.00. The first-order valence-corrected chi connectivity index (χ1v) is 5.60. The third-order valence-electron chi connectivity index (χ3n) is 2.99. The van der Waals surface area contributed by atoms with Crippen molar-refractivity contribution >= 4 is 5.91 Å². The second-order valence-corrected chi connectivity index (χ2v) is 4.00. The molecule has 4 N–H and O–H groups in total. The first kappa shape index (κ1) is 12.1. The van der Waals surface area contributed by atoms with Crippen LogP contribution in [0.25, 0.3) is 0 Å². The van der Waals surface area contributed by atoms with E-state index in [2.05, 4.69) is 0 Å². The Morgan fingerprint density at radius 3 is 3.06 bits per heavy atom. The van der Waals surface area contributed by atoms with E-state index in [1.54, 1.807) is 12.3 Å². The lowest BCUT2D eigenvalue weighted by molar-refractivity contribution is -0.131. The van der Waals surface area contributed by atoms with Crippen LogP contribution in [0.5, 0.6) is 0 Å². The van der Waals surface area contributed by atoms with Gasteiger partial charge in [-0.05, 0) is 12.1 Å². The van der Waals surface area contributed by atoms with E-state index < -0.39 is 11.9 Å². The summed E-state index contributed by atoms with van der Waals surface area (Å²) in [5.41, 5.74) is 11.1. The van der Waals surface area contributed by atoms with E-state index in [1.807, 2.05) is 11.0 Å². The second kappa shape index (κ2) is 5.31. The Morgan fingerprint density at radius 2 is 2.47 bits per heavy atom. The van der Waals surface area contributed by atoms with Gasteiger partial charge in [-0.1, -0.05) is 0 Å². The fraction of sp³-hybridized carbons (Fsp3) is 0.545. The van der Waals surface area contributed by atoms with Crippen molar-refractivity contribution in [1.82, 2.24) is 4.90 Å². The van der Waals surface area contributed by atoms with Crippen molar-refractivity contribution in [3.8, 4) is 0 Å². The molecule has 0 radical (unpaired) electrons. The van der Waals surface area contributed by atoms with E-state index in [0.717, 1.165) is 5.76 Å². The molecule has 1 aliphatic heterocycles. The van der Waals surface area contributed by atoms with Crippen LogP contribution in [0.3, 0.4) is 0 Å². The SMILES string of the molecule is NCC(c1ccco1)N1CCOCC1C(N)=O. The molecule has 0 bridgehead atoms. The number of nitrogens with two attached hydrogens (primary N) is 2. The highest BCUT2D eigenvalue weighted by atomic mass is 16.5. The minimum Gasteiger partial charge on any atom is -0.468 e. The summed E-state index contributed by atoms with van der Waals surface area (Å²) in [5, 5.41) is 0. The van der Waals surface area contributed by atoms with Crippen LogP contribution in [0.15, 0.2) is 22.8 Å². The Hall–Kier alpha value is -1.37. The predicted molar refractivity (Wildman–Crippen MR) is 61.0 cm³/mol. The Bertz CT molecular complexity index is 366. The molecule has 1 amide bonds. The number of primary amides is 1. The van der Waals surface area contributed by atoms with Crippen LogP contribution in [0.4, 0.5) is 0 Å². The number of carbonyl (C=O) groups excluding carboxylic acids is 1. The Kier molecular flexibility index (Phi) is 3.78. The Balaban J connectivity index is 2.19. The molecule has 2 heterocycles. The maximum Gasteiger partial charge on any atom is 0.237 e. The summed E-state index contributed by atoms with van der Waals surface area (Å²) >= 11 is 0. The number of nitrogens with zero attached hydrogens (tertiary/aromatic N) is 1. The van der Waals surface area contributed by atoms with Crippen molar-refractivity contribution in [2.45, 2.75) is 12.1 Å². The highest BCUT2D eigenvalue weighted by molar-refractivity contribution is 5.80. The van der Waals surface area contributed by atoms with Crippen LogP contribution in [0.2, 0.25) is 0 Å². The van der Waals surface area contributed by atoms with Gasteiger partial charge in [0.25, 0.3) is 0 Å². The van der Waals surface area contributed by atoms with Crippen LogP contribution < -0.4 is 11.5 Å². The average Bonchev–Trinajstić information content (AvgIpc) is 2.84. The summed E-state index contributed by atoms with van der Waals surface area (Å²) in [7, 11) is 0. The molecule has 6 nitrogen and oxygen atoms in total. The lowest BCUT2D eigenvalue weighted by Gasteiger charge is -2.37. The molecular weight excluding hydrogens is 222 g/mol. The molecule has 1 fully saturated rings. The number of furan rings is 1. The average molecular weight is 239 g/mol. The molecule has 6 heteroatoms. The van der Waals surface area contributed by atoms with Crippen molar-refractivity contribution in [1.29, 1.82) is 0 Å². The maximum atomic E-state index is 11.4. The largest absolute Gasteiger partial charge is 0.468 e. The number of morpholine rings is 1. The molecule has 1 saturated heterocycles. The number of hydrogen-bond acceptors (Lipinski definition) is 5. The van der Waals surface area contributed by atoms with Crippen LogP contribution >= 0.6 is 0 Å². The van der Waals surface area contributed by atoms with Gasteiger partial charge in [-0.25, -0.2) is 0 Å². The predicted octanol–water partition coefficient (Wildman–Crippen LogP) is -0.534. The molecular formula is C11H17N3O3. The topological polar surface area (TPSA) is 94.7 Å². The molecule has 1 aromatic rings. The van der Waals surface area contributed by atoms with Crippen LogP contribution in [-0.4, -0.2) is 43.2 Å². The normalized spacial score (nSPS) is 23.5. The first-order chi connectivity index (χ1) is 8.24. The van der Waals surface area contributed by atoms with Crippen molar-refractivity contribution in [3.05, 3.63) is 24.2 Å². The van der Waals surface area contributed by atoms with Crippen molar-refractivity contribution in [3.63, 3.8) is 0 Å². The smallest absolute Gasteiger partial charge is 0.237 e. The Labute approximate surface area is 99.5 Å². The van der Waals surface area contributed by atoms with Crippen molar-refractivity contribution < 1.29 is 13.9 Å². The number of carbonyl (C=O) groups is 1. The number of rotatable bonds is 4. The molecule has 2 rings (SSSR count). The van der Waals surface area contributed by atoms with Crippen LogP contribution in [0.1, 0.15) is 11.8 Å². The van der Waals surface area contributed by atoms with Gasteiger partial charge in [-0.3, -0.25) is 9.69 Å². The van der Waals surface area contributed by atoms with E-state index >= 15 is 0 Å². The van der Waals surface area contributed by atoms with Gasteiger partial charge in [0.2, 0.25) is 5.91 Å². The number of amides is 1. The maximum absolute atomic E-state index is 11.4. The van der Waals surface area contributed by atoms with Crippen LogP contribution in [-0.2, 0) is 9.53 Å². The van der Waals surface area contributed by atoms with Gasteiger partial charge in [0.15, 0.2) is 0 Å². The van der Waals surface area contributed by atoms with Gasteiger partial charge in [0.05, 0.1) is 25.5 Å². The molecule has 94 valence electrons. The van der Waals surface area contributed by atoms with E-state index in [-0.39, 0.29) is 6.04 Å². The monoisotopic (exact) mass is 239 g/mol. The third-order valence-corrected chi connectivity index (χ3v) is 2.99. The molecule has 1 aliphatic rings. The minimum absolute atomic E-state index is 0.133. The van der Waals surface area contributed by atoms with E-state index in [9.17, 15) is 4.79 Å². The number of hydrogen-bond donors (Lipinski definition) is 2. The zero-order valence-electron chi connectivity index (χ0n) is 9.54. The van der Waals surface area contributed by atoms with Crippen LogP contribution in [0, 0.1) is 0 Å². The van der Waals surface area contributed by atoms with Gasteiger partial charge >= 0.3 is 0 Å². The Morgan fingerprint density at radius 1 is 1.65 bits per heavy atom. The molecule has 0 saturated carbocycles. The summed E-state index contributed by atoms with van der Waals surface area (Å²) in [6.45, 7) is 1.88. The van der Waals surface area contributed by atoms with E-state index in [1.165, 1.54) is 0 Å². The van der Waals surface area contributed by atoms with Crippen molar-refractivity contribution in [2.24, 2.45) is 11.5 Å². The standard InChI is InChI=1S/C11H17N3O3/c12-6-8(10-2-1-4-17-10)14-3-5-16-7-9(14)11(13)15/h1-2,4,8-9H,3,5-7,12H2,(H2,13,15). The molecule has 17 heavy (non-hydrogen) atoms. The third kappa shape index (κ3) is 2.49. The molecule has 2 atom stereocenters. The van der Waals surface area contributed by atoms with Gasteiger partial charge in [0, 0.05) is 13.1 Å². The highest BCUT2D eigenvalue weighted by Crippen LogP contribution is 2.24. The van der Waals surface area contributed by atoms with Gasteiger partial charge in [0.1, 0.15) is 11.8 Å². The zero-order chi connectivity index (χ0) is 12.3. The highest BCUT2D eigenvalue weighted by Gasteiger charge is 2.34. The van der Waals surface area contributed by atoms with E-state index in [4.69, 9.17) is 20.6 Å². The van der Waals surface area contributed by atoms with E-state index in [0.29, 0.717) is 26.3 Å². The zero-order valence-corrected chi connectivity index (χ0v) is 9.54. The molecule has 2 unspecified atom stereocenters. The molecule has 1 aromatic heterocycles. The summed E-state index contributed by atoms with van der Waals surface area (Å²) in [5.74, 6) is 0.357. The summed E-state index contributed by atoms with van der Waals surface area (Å²) < 4.78 is 10.6. The number of ether oxygens (including phenoxy) is 1. The summed E-state index contributed by atoms with van der Waals surface area (Å²) in [4.78, 5) is 13.3. The molecule has 0 aromatic carbocycles. The quantitative estimate of drug-likeness (QED) is 0.736. The fourth-order valence-corrected chi connectivity index (χ4v) is 2.13. The first-order valence-electron chi connectivity index (χ1n) is 5.60. The molecule has 0 spiro atoms. The molecule has 0 aliphatic carbocycles. The van der Waals surface area contributed by atoms with Gasteiger partial charge < -0.3 is 20.6 Å². The van der Waals surface area contributed by atoms with Crippen molar-refractivity contribution in [2.75, 3.05) is 26.3 Å². The lowest BCUT2D eigenvalue weighted by Crippen LogP contribution is -2.54. The summed E-state index contributed by atoms with van der Waals surface area (Å²) in [6.07, 6.45) is 1.59. The summed E-state index contributed by atoms with van der Waals surface area (Å²) in [6, 6.07) is 3.08. The van der Waals surface area contributed by atoms with Gasteiger partial charge in [-0.15, -0.1) is 0 Å². The lowest BCUT2D eigenvalue weighted by atomic mass is 10.1. The fourth-order valence-electron chi connectivity index (χ4n) is 2.13.